The lowest BCUT2D eigenvalue weighted by Crippen LogP contribution is -2.21. The molecular formula is C25H28FO2P. The average Bonchev–Trinajstić information content (AvgIpc) is 2.75. The summed E-state index contributed by atoms with van der Waals surface area (Å²) in [7, 11) is 1.94. The quantitative estimate of drug-likeness (QED) is 0.403. The Balaban J connectivity index is 1.95. The van der Waals surface area contributed by atoms with Crippen LogP contribution >= 0.6 is 8.58 Å². The van der Waals surface area contributed by atoms with E-state index in [1.165, 1.54) is 0 Å². The maximum atomic E-state index is 14.6. The van der Waals surface area contributed by atoms with Crippen molar-refractivity contribution < 1.29 is 13.9 Å². The summed E-state index contributed by atoms with van der Waals surface area (Å²) >= 11 is 0. The minimum Gasteiger partial charge on any atom is -0.497 e. The van der Waals surface area contributed by atoms with E-state index < -0.39 is 0 Å². The molecule has 0 aliphatic carbocycles. The Morgan fingerprint density at radius 3 is 2.41 bits per heavy atom. The van der Waals surface area contributed by atoms with Crippen molar-refractivity contribution in [1.82, 2.24) is 0 Å². The summed E-state index contributed by atoms with van der Waals surface area (Å²) in [6.07, 6.45) is 0.855. The van der Waals surface area contributed by atoms with Crippen LogP contribution < -0.4 is 14.8 Å². The lowest BCUT2D eigenvalue weighted by Gasteiger charge is -2.31. The third-order valence-corrected chi connectivity index (χ3v) is 7.11. The van der Waals surface area contributed by atoms with E-state index in [0.29, 0.717) is 6.61 Å². The molecule has 0 spiro atoms. The second-order valence-corrected chi connectivity index (χ2v) is 9.32. The van der Waals surface area contributed by atoms with Crippen molar-refractivity contribution in [1.29, 1.82) is 0 Å². The Hall–Kier alpha value is -2.38. The normalized spacial score (nSPS) is 13.4. The van der Waals surface area contributed by atoms with Gasteiger partial charge in [0.15, 0.2) is 0 Å². The lowest BCUT2D eigenvalue weighted by molar-refractivity contribution is 0.299. The van der Waals surface area contributed by atoms with E-state index >= 15 is 0 Å². The Morgan fingerprint density at radius 1 is 1.00 bits per heavy atom. The molecule has 0 amide bonds. The van der Waals surface area contributed by atoms with Crippen molar-refractivity contribution in [2.45, 2.75) is 39.0 Å². The van der Waals surface area contributed by atoms with Gasteiger partial charge in [0, 0.05) is 16.0 Å². The van der Waals surface area contributed by atoms with Crippen molar-refractivity contribution in [3.63, 3.8) is 0 Å². The maximum Gasteiger partial charge on any atom is 0.130 e. The molecule has 152 valence electrons. The molecule has 0 fully saturated rings. The van der Waals surface area contributed by atoms with Crippen LogP contribution in [0, 0.1) is 12.7 Å². The van der Waals surface area contributed by atoms with Crippen LogP contribution in [0.15, 0.2) is 66.7 Å². The monoisotopic (exact) mass is 410 g/mol. The molecule has 0 aromatic heterocycles. The zero-order chi connectivity index (χ0) is 20.9. The second-order valence-electron chi connectivity index (χ2n) is 7.43. The maximum absolute atomic E-state index is 14.6. The van der Waals surface area contributed by atoms with Gasteiger partial charge in [0.1, 0.15) is 23.9 Å². The fourth-order valence-corrected chi connectivity index (χ4v) is 4.75. The highest BCUT2D eigenvalue weighted by Gasteiger charge is 2.30. The van der Waals surface area contributed by atoms with E-state index in [9.17, 15) is 4.39 Å². The predicted molar refractivity (Wildman–Crippen MR) is 120 cm³/mol. The molecule has 0 saturated heterocycles. The summed E-state index contributed by atoms with van der Waals surface area (Å²) in [6.45, 7) is 6.71. The van der Waals surface area contributed by atoms with Crippen molar-refractivity contribution in [3.8, 4) is 11.5 Å². The van der Waals surface area contributed by atoms with Gasteiger partial charge in [-0.2, -0.15) is 0 Å². The molecule has 2 unspecified atom stereocenters. The number of rotatable bonds is 8. The minimum absolute atomic E-state index is 0.141. The zero-order valence-corrected chi connectivity index (χ0v) is 18.5. The molecule has 4 heteroatoms. The molecule has 0 radical (unpaired) electrons. The van der Waals surface area contributed by atoms with E-state index in [0.717, 1.165) is 39.9 Å². The van der Waals surface area contributed by atoms with E-state index in [-0.39, 0.29) is 19.6 Å². The highest BCUT2D eigenvalue weighted by atomic mass is 31.1. The minimum atomic E-state index is -0.267. The van der Waals surface area contributed by atoms with Gasteiger partial charge in [-0.05, 0) is 48.7 Å². The molecule has 29 heavy (non-hydrogen) atoms. The van der Waals surface area contributed by atoms with Crippen LogP contribution in [0.25, 0.3) is 0 Å². The topological polar surface area (TPSA) is 18.5 Å². The van der Waals surface area contributed by atoms with E-state index in [2.05, 4.69) is 13.8 Å². The molecule has 0 heterocycles. The van der Waals surface area contributed by atoms with Gasteiger partial charge in [-0.15, -0.1) is 0 Å². The van der Waals surface area contributed by atoms with Gasteiger partial charge in [0.2, 0.25) is 0 Å². The molecule has 3 aromatic carbocycles. The van der Waals surface area contributed by atoms with E-state index in [4.69, 9.17) is 9.47 Å². The fraction of sp³-hybridized carbons (Fsp3) is 0.280. The Kier molecular flexibility index (Phi) is 6.92. The summed E-state index contributed by atoms with van der Waals surface area (Å²) in [6, 6.07) is 21.5. The van der Waals surface area contributed by atoms with Crippen molar-refractivity contribution >= 4 is 13.9 Å². The zero-order valence-electron chi connectivity index (χ0n) is 17.5. The van der Waals surface area contributed by atoms with Gasteiger partial charge in [0.05, 0.1) is 7.11 Å². The van der Waals surface area contributed by atoms with Crippen LogP contribution in [0.1, 0.15) is 37.0 Å². The number of benzene rings is 3. The third kappa shape index (κ3) is 5.16. The molecule has 0 bridgehead atoms. The first-order valence-corrected chi connectivity index (χ1v) is 10.8. The lowest BCUT2D eigenvalue weighted by atomic mass is 9.96. The van der Waals surface area contributed by atoms with Crippen molar-refractivity contribution in [3.05, 3.63) is 89.2 Å². The van der Waals surface area contributed by atoms with Gasteiger partial charge in [-0.25, -0.2) is 4.39 Å². The Morgan fingerprint density at radius 2 is 1.76 bits per heavy atom. The number of hydrogen-bond acceptors (Lipinski definition) is 2. The van der Waals surface area contributed by atoms with Gasteiger partial charge < -0.3 is 9.47 Å². The van der Waals surface area contributed by atoms with Crippen LogP contribution in [-0.2, 0) is 11.8 Å². The molecule has 0 N–H and O–H groups in total. The second kappa shape index (κ2) is 9.41. The van der Waals surface area contributed by atoms with E-state index in [1.54, 1.807) is 13.2 Å². The van der Waals surface area contributed by atoms with Gasteiger partial charge in [-0.3, -0.25) is 0 Å². The third-order valence-electron chi connectivity index (χ3n) is 5.26. The number of hydrogen-bond donors (Lipinski definition) is 0. The smallest absolute Gasteiger partial charge is 0.130 e. The molecule has 3 aromatic rings. The number of aryl methyl sites for hydroxylation is 1. The fourth-order valence-electron chi connectivity index (χ4n) is 3.29. The van der Waals surface area contributed by atoms with Gasteiger partial charge in [-0.1, -0.05) is 64.9 Å². The van der Waals surface area contributed by atoms with Crippen LogP contribution in [0.4, 0.5) is 4.39 Å². The highest BCUT2D eigenvalue weighted by Crippen LogP contribution is 2.48. The Labute approximate surface area is 174 Å². The summed E-state index contributed by atoms with van der Waals surface area (Å²) in [5, 5.41) is 0.480. The van der Waals surface area contributed by atoms with E-state index in [1.807, 2.05) is 67.6 Å². The molecule has 2 nitrogen and oxygen atoms in total. The first kappa shape index (κ1) is 21.3. The van der Waals surface area contributed by atoms with Crippen LogP contribution in [-0.4, -0.2) is 7.11 Å². The molecule has 0 aliphatic heterocycles. The average molecular weight is 410 g/mol. The van der Waals surface area contributed by atoms with Crippen molar-refractivity contribution in [2.75, 3.05) is 7.11 Å². The molecule has 3 rings (SSSR count). The summed E-state index contributed by atoms with van der Waals surface area (Å²) in [4.78, 5) is 0. The summed E-state index contributed by atoms with van der Waals surface area (Å²) < 4.78 is 26.3. The number of halogens is 1. The molecule has 2 atom stereocenters. The molecule has 0 saturated carbocycles. The van der Waals surface area contributed by atoms with Gasteiger partial charge in [0.25, 0.3) is 0 Å². The summed E-state index contributed by atoms with van der Waals surface area (Å²) in [5.74, 6) is 1.46. The number of ether oxygens (including phenoxy) is 2. The summed E-state index contributed by atoms with van der Waals surface area (Å²) in [5.41, 5.74) is 3.09. The number of methoxy groups -OCH3 is 1. The Bertz CT molecular complexity index is 958. The van der Waals surface area contributed by atoms with Crippen LogP contribution in [0.2, 0.25) is 0 Å². The van der Waals surface area contributed by atoms with Crippen molar-refractivity contribution in [2.24, 2.45) is 0 Å². The molecule has 0 aliphatic rings. The van der Waals surface area contributed by atoms with Crippen LogP contribution in [0.3, 0.4) is 0 Å². The standard InChI is InChI=1S/C25H28FO2P/c1-5-25(3,29-24-14-11-18(2)15-22(24)26)21-16-20(27-4)12-13-23(21)28-17-19-9-7-6-8-10-19/h6-16,29H,5,17H2,1-4H3. The highest BCUT2D eigenvalue weighted by molar-refractivity contribution is 7.48. The largest absolute Gasteiger partial charge is 0.497 e. The molecular weight excluding hydrogens is 382 g/mol. The first-order chi connectivity index (χ1) is 13.9. The predicted octanol–water partition coefficient (Wildman–Crippen LogP) is 6.35. The SMILES string of the molecule is CCC(C)(Pc1ccc(C)cc1F)c1cc(OC)ccc1OCc1ccccc1. The first-order valence-electron chi connectivity index (χ1n) is 9.85. The van der Waals surface area contributed by atoms with Gasteiger partial charge >= 0.3 is 0 Å². The van der Waals surface area contributed by atoms with Crippen LogP contribution in [0.5, 0.6) is 11.5 Å².